The number of azo groups is 1. The molecule has 2 aromatic carbocycles. The smallest absolute Gasteiger partial charge is 0.343 e. The fourth-order valence-electron chi connectivity index (χ4n) is 2.65. The summed E-state index contributed by atoms with van der Waals surface area (Å²) in [5.74, 6) is -0.511. The lowest BCUT2D eigenvalue weighted by Gasteiger charge is -2.13. The Bertz CT molecular complexity index is 1240. The summed E-state index contributed by atoms with van der Waals surface area (Å²) >= 11 is 0. The quantitative estimate of drug-likeness (QED) is 0.550. The zero-order valence-electron chi connectivity index (χ0n) is 14.3. The van der Waals surface area contributed by atoms with E-state index in [4.69, 9.17) is 0 Å². The zero-order chi connectivity index (χ0) is 19.5. The Labute approximate surface area is 157 Å². The standard InChI is InChI=1S/C19H13N5O4/c25-17-16(21-20-15-11-12-28-22-15)18(26)24(14-9-5-2-6-10-14)19(27)23(17)13-7-3-1-4-8-13/h1-12,25H. The third-order valence-electron chi connectivity index (χ3n) is 3.92. The van der Waals surface area contributed by atoms with Crippen LogP contribution in [-0.2, 0) is 0 Å². The number of para-hydroxylation sites is 2. The van der Waals surface area contributed by atoms with Crippen molar-refractivity contribution in [3.05, 3.63) is 93.8 Å². The summed E-state index contributed by atoms with van der Waals surface area (Å²) in [5.41, 5.74) is -1.25. The molecule has 4 aromatic rings. The second-order valence-electron chi connectivity index (χ2n) is 5.66. The highest BCUT2D eigenvalue weighted by Crippen LogP contribution is 2.25. The highest BCUT2D eigenvalue weighted by atomic mass is 16.5. The van der Waals surface area contributed by atoms with Gasteiger partial charge in [-0.3, -0.25) is 4.79 Å². The van der Waals surface area contributed by atoms with Crippen LogP contribution in [0, 0.1) is 0 Å². The van der Waals surface area contributed by atoms with Gasteiger partial charge in [0.25, 0.3) is 5.56 Å². The summed E-state index contributed by atoms with van der Waals surface area (Å²) in [4.78, 5) is 26.0. The summed E-state index contributed by atoms with van der Waals surface area (Å²) in [6.45, 7) is 0. The van der Waals surface area contributed by atoms with Gasteiger partial charge in [-0.2, -0.15) is 0 Å². The van der Waals surface area contributed by atoms with Gasteiger partial charge < -0.3 is 9.63 Å². The minimum atomic E-state index is -0.812. The molecule has 4 rings (SSSR count). The first-order chi connectivity index (χ1) is 13.7. The average molecular weight is 375 g/mol. The number of nitrogens with zero attached hydrogens (tertiary/aromatic N) is 5. The minimum absolute atomic E-state index is 0.113. The van der Waals surface area contributed by atoms with E-state index in [9.17, 15) is 14.7 Å². The number of aromatic nitrogens is 3. The summed E-state index contributed by atoms with van der Waals surface area (Å²) in [6, 6.07) is 18.2. The van der Waals surface area contributed by atoms with Crippen molar-refractivity contribution in [2.45, 2.75) is 0 Å². The maximum atomic E-state index is 13.1. The number of hydrogen-bond donors (Lipinski definition) is 1. The molecule has 0 radical (unpaired) electrons. The van der Waals surface area contributed by atoms with Gasteiger partial charge >= 0.3 is 5.69 Å². The van der Waals surface area contributed by atoms with E-state index in [2.05, 4.69) is 19.9 Å². The first kappa shape index (κ1) is 17.2. The highest BCUT2D eigenvalue weighted by Gasteiger charge is 2.21. The molecule has 9 heteroatoms. The van der Waals surface area contributed by atoms with Crippen LogP contribution < -0.4 is 11.2 Å². The Balaban J connectivity index is 2.03. The molecule has 0 saturated heterocycles. The van der Waals surface area contributed by atoms with Gasteiger partial charge in [0.05, 0.1) is 11.4 Å². The van der Waals surface area contributed by atoms with Crippen molar-refractivity contribution >= 4 is 11.5 Å². The highest BCUT2D eigenvalue weighted by molar-refractivity contribution is 5.51. The number of hydrogen-bond acceptors (Lipinski definition) is 7. The van der Waals surface area contributed by atoms with Crippen LogP contribution in [0.1, 0.15) is 0 Å². The summed E-state index contributed by atoms with van der Waals surface area (Å²) < 4.78 is 6.58. The summed E-state index contributed by atoms with van der Waals surface area (Å²) in [6.07, 6.45) is 1.29. The predicted octanol–water partition coefficient (Wildman–Crippen LogP) is 3.10. The molecule has 0 unspecified atom stereocenters. The second-order valence-corrected chi connectivity index (χ2v) is 5.66. The molecule has 0 atom stereocenters. The molecule has 0 fully saturated rings. The molecule has 0 aliphatic rings. The van der Waals surface area contributed by atoms with Crippen molar-refractivity contribution in [1.82, 2.24) is 14.3 Å². The van der Waals surface area contributed by atoms with E-state index in [1.807, 2.05) is 0 Å². The Hall–Kier alpha value is -4.27. The Morgan fingerprint density at radius 2 is 1.43 bits per heavy atom. The lowest BCUT2D eigenvalue weighted by Crippen LogP contribution is -2.37. The Kier molecular flexibility index (Phi) is 4.38. The van der Waals surface area contributed by atoms with Gasteiger partial charge in [0, 0.05) is 6.07 Å². The van der Waals surface area contributed by atoms with Gasteiger partial charge in [-0.15, -0.1) is 10.2 Å². The van der Waals surface area contributed by atoms with E-state index in [1.165, 1.54) is 12.3 Å². The van der Waals surface area contributed by atoms with Crippen LogP contribution in [0.2, 0.25) is 0 Å². The molecule has 0 bridgehead atoms. The normalized spacial score (nSPS) is 11.1. The molecule has 0 amide bonds. The average Bonchev–Trinajstić information content (AvgIpc) is 3.23. The number of rotatable bonds is 4. The Morgan fingerprint density at radius 1 is 0.821 bits per heavy atom. The van der Waals surface area contributed by atoms with Crippen molar-refractivity contribution in [2.75, 3.05) is 0 Å². The van der Waals surface area contributed by atoms with Crippen LogP contribution in [-0.4, -0.2) is 19.4 Å². The van der Waals surface area contributed by atoms with E-state index >= 15 is 0 Å². The topological polar surface area (TPSA) is 115 Å². The lowest BCUT2D eigenvalue weighted by atomic mass is 10.3. The van der Waals surface area contributed by atoms with Crippen LogP contribution in [0.25, 0.3) is 11.4 Å². The molecular formula is C19H13N5O4. The molecule has 1 N–H and O–H groups in total. The van der Waals surface area contributed by atoms with Gasteiger partial charge in [-0.05, 0) is 24.3 Å². The fourth-order valence-corrected chi connectivity index (χ4v) is 2.65. The monoisotopic (exact) mass is 375 g/mol. The molecule has 28 heavy (non-hydrogen) atoms. The van der Waals surface area contributed by atoms with Gasteiger partial charge in [-0.1, -0.05) is 41.6 Å². The maximum absolute atomic E-state index is 13.1. The van der Waals surface area contributed by atoms with Gasteiger partial charge in [-0.25, -0.2) is 13.9 Å². The Morgan fingerprint density at radius 3 is 2.00 bits per heavy atom. The minimum Gasteiger partial charge on any atom is -0.492 e. The SMILES string of the molecule is O=c1c(N=Nc2ccon2)c(O)n(-c2ccccc2)c(=O)n1-c1ccccc1. The van der Waals surface area contributed by atoms with Crippen LogP contribution in [0.5, 0.6) is 5.88 Å². The fraction of sp³-hybridized carbons (Fsp3) is 0. The van der Waals surface area contributed by atoms with Gasteiger partial charge in [0.1, 0.15) is 6.26 Å². The van der Waals surface area contributed by atoms with Crippen molar-refractivity contribution in [1.29, 1.82) is 0 Å². The van der Waals surface area contributed by atoms with Crippen molar-refractivity contribution in [3.8, 4) is 17.3 Å². The van der Waals surface area contributed by atoms with Crippen molar-refractivity contribution < 1.29 is 9.63 Å². The van der Waals surface area contributed by atoms with Crippen molar-refractivity contribution in [2.24, 2.45) is 10.2 Å². The third kappa shape index (κ3) is 3.01. The van der Waals surface area contributed by atoms with Gasteiger partial charge in [0.2, 0.25) is 17.4 Å². The number of aromatic hydroxyl groups is 1. The van der Waals surface area contributed by atoms with Crippen molar-refractivity contribution in [3.63, 3.8) is 0 Å². The van der Waals surface area contributed by atoms with E-state index < -0.39 is 22.8 Å². The molecule has 0 spiro atoms. The van der Waals surface area contributed by atoms with E-state index in [0.29, 0.717) is 11.4 Å². The largest absolute Gasteiger partial charge is 0.492 e. The lowest BCUT2D eigenvalue weighted by molar-refractivity contribution is 0.420. The predicted molar refractivity (Wildman–Crippen MR) is 100.0 cm³/mol. The van der Waals surface area contributed by atoms with E-state index in [1.54, 1.807) is 60.7 Å². The molecule has 138 valence electrons. The summed E-state index contributed by atoms with van der Waals surface area (Å²) in [5, 5.41) is 21.8. The van der Waals surface area contributed by atoms with E-state index in [-0.39, 0.29) is 5.82 Å². The third-order valence-corrected chi connectivity index (χ3v) is 3.92. The number of benzene rings is 2. The van der Waals surface area contributed by atoms with Crippen LogP contribution in [0.3, 0.4) is 0 Å². The summed E-state index contributed by atoms with van der Waals surface area (Å²) in [7, 11) is 0. The van der Waals surface area contributed by atoms with Crippen LogP contribution in [0.4, 0.5) is 11.5 Å². The molecular weight excluding hydrogens is 362 g/mol. The first-order valence-corrected chi connectivity index (χ1v) is 8.21. The van der Waals surface area contributed by atoms with Crippen LogP contribution in [0.15, 0.2) is 97.3 Å². The zero-order valence-corrected chi connectivity index (χ0v) is 14.3. The molecule has 0 aliphatic carbocycles. The molecule has 0 saturated carbocycles. The van der Waals surface area contributed by atoms with E-state index in [0.717, 1.165) is 9.13 Å². The molecule has 0 aliphatic heterocycles. The maximum Gasteiger partial charge on any atom is 0.343 e. The molecule has 2 heterocycles. The first-order valence-electron chi connectivity index (χ1n) is 8.21. The van der Waals surface area contributed by atoms with Gasteiger partial charge in [0.15, 0.2) is 0 Å². The molecule has 9 nitrogen and oxygen atoms in total. The second kappa shape index (κ2) is 7.16. The molecule has 2 aromatic heterocycles. The van der Waals surface area contributed by atoms with Crippen LogP contribution >= 0.6 is 0 Å².